The Labute approximate surface area is 98.1 Å². The molecule has 2 heteroatoms. The second-order valence-corrected chi connectivity index (χ2v) is 6.35. The molecular formula is C14H24O2. The van der Waals surface area contributed by atoms with Gasteiger partial charge in [-0.05, 0) is 74.0 Å². The van der Waals surface area contributed by atoms with Gasteiger partial charge in [0.2, 0.25) is 0 Å². The van der Waals surface area contributed by atoms with Crippen LogP contribution in [0.25, 0.3) is 0 Å². The van der Waals surface area contributed by atoms with Gasteiger partial charge in [0.25, 0.3) is 0 Å². The lowest BCUT2D eigenvalue weighted by molar-refractivity contribution is 0.153. The Hall–Kier alpha value is -0.0800. The van der Waals surface area contributed by atoms with Gasteiger partial charge in [-0.1, -0.05) is 0 Å². The molecule has 0 radical (unpaired) electrons. The van der Waals surface area contributed by atoms with Crippen LogP contribution in [0.15, 0.2) is 0 Å². The monoisotopic (exact) mass is 224 g/mol. The zero-order valence-electron chi connectivity index (χ0n) is 10.0. The van der Waals surface area contributed by atoms with Crippen molar-refractivity contribution in [2.45, 2.75) is 38.5 Å². The van der Waals surface area contributed by atoms with Crippen LogP contribution in [0.1, 0.15) is 38.5 Å². The molecule has 16 heavy (non-hydrogen) atoms. The SMILES string of the molecule is OCCC1CC2C3CC(CCO)[C@H](C3)C2C1. The van der Waals surface area contributed by atoms with Crippen LogP contribution in [0.5, 0.6) is 0 Å². The Kier molecular flexibility index (Phi) is 2.97. The molecule has 0 aromatic carbocycles. The van der Waals surface area contributed by atoms with E-state index in [9.17, 15) is 0 Å². The first-order valence-electron chi connectivity index (χ1n) is 7.05. The molecule has 3 aliphatic rings. The van der Waals surface area contributed by atoms with E-state index in [1.54, 1.807) is 0 Å². The van der Waals surface area contributed by atoms with Crippen LogP contribution in [0.4, 0.5) is 0 Å². The number of aliphatic hydroxyl groups is 2. The van der Waals surface area contributed by atoms with Gasteiger partial charge in [-0.3, -0.25) is 0 Å². The number of hydrogen-bond donors (Lipinski definition) is 2. The summed E-state index contributed by atoms with van der Waals surface area (Å²) in [5.41, 5.74) is 0. The maximum Gasteiger partial charge on any atom is 0.0433 e. The highest BCUT2D eigenvalue weighted by molar-refractivity contribution is 5.04. The molecule has 3 fully saturated rings. The molecule has 3 rings (SSSR count). The molecule has 0 aromatic heterocycles. The van der Waals surface area contributed by atoms with Gasteiger partial charge in [0, 0.05) is 13.2 Å². The zero-order chi connectivity index (χ0) is 11.1. The molecule has 2 bridgehead atoms. The fourth-order valence-corrected chi connectivity index (χ4v) is 5.24. The van der Waals surface area contributed by atoms with Crippen LogP contribution in [-0.4, -0.2) is 23.4 Å². The molecule has 92 valence electrons. The number of fused-ring (bicyclic) bond motifs is 5. The predicted octanol–water partition coefficient (Wildman–Crippen LogP) is 2.05. The third-order valence-electron chi connectivity index (χ3n) is 5.74. The Balaban J connectivity index is 1.65. The van der Waals surface area contributed by atoms with Crippen LogP contribution in [0.3, 0.4) is 0 Å². The first kappa shape index (κ1) is 11.0. The molecule has 3 aliphatic carbocycles. The van der Waals surface area contributed by atoms with Crippen molar-refractivity contribution < 1.29 is 10.2 Å². The molecule has 0 heterocycles. The standard InChI is InChI=1S/C14H24O2/c15-3-1-9-5-12-11-7-10(2-4-16)13(8-11)14(12)6-9/h9-16H,1-8H2/t9?,10?,11?,12?,13-,14?/m0/s1. The summed E-state index contributed by atoms with van der Waals surface area (Å²) in [4.78, 5) is 0. The molecule has 0 amide bonds. The third kappa shape index (κ3) is 1.62. The Morgan fingerprint density at radius 2 is 1.50 bits per heavy atom. The lowest BCUT2D eigenvalue weighted by Crippen LogP contribution is -2.24. The van der Waals surface area contributed by atoms with E-state index in [-0.39, 0.29) is 0 Å². The van der Waals surface area contributed by atoms with Crippen molar-refractivity contribution in [1.82, 2.24) is 0 Å². The highest BCUT2D eigenvalue weighted by Gasteiger charge is 2.55. The van der Waals surface area contributed by atoms with Gasteiger partial charge in [0.05, 0.1) is 0 Å². The highest BCUT2D eigenvalue weighted by atomic mass is 16.3. The Bertz CT molecular complexity index is 253. The lowest BCUT2D eigenvalue weighted by atomic mass is 9.75. The van der Waals surface area contributed by atoms with Crippen LogP contribution >= 0.6 is 0 Å². The van der Waals surface area contributed by atoms with Gasteiger partial charge in [-0.15, -0.1) is 0 Å². The first-order valence-corrected chi connectivity index (χ1v) is 7.05. The topological polar surface area (TPSA) is 40.5 Å². The smallest absolute Gasteiger partial charge is 0.0433 e. The van der Waals surface area contributed by atoms with E-state index in [0.29, 0.717) is 13.2 Å². The minimum absolute atomic E-state index is 0.375. The number of hydrogen-bond acceptors (Lipinski definition) is 2. The number of rotatable bonds is 4. The first-order chi connectivity index (χ1) is 7.83. The maximum absolute atomic E-state index is 9.10. The normalized spacial score (nSPS) is 49.9. The minimum atomic E-state index is 0.375. The molecule has 5 unspecified atom stereocenters. The van der Waals surface area contributed by atoms with Gasteiger partial charge in [-0.25, -0.2) is 0 Å². The Morgan fingerprint density at radius 3 is 2.25 bits per heavy atom. The van der Waals surface area contributed by atoms with E-state index in [2.05, 4.69) is 0 Å². The predicted molar refractivity (Wildman–Crippen MR) is 62.8 cm³/mol. The molecule has 3 saturated carbocycles. The van der Waals surface area contributed by atoms with Crippen molar-refractivity contribution in [3.63, 3.8) is 0 Å². The summed E-state index contributed by atoms with van der Waals surface area (Å²) < 4.78 is 0. The van der Waals surface area contributed by atoms with Crippen LogP contribution in [0, 0.1) is 35.5 Å². The molecule has 2 N–H and O–H groups in total. The van der Waals surface area contributed by atoms with Crippen molar-refractivity contribution in [3.8, 4) is 0 Å². The van der Waals surface area contributed by atoms with Gasteiger partial charge in [0.1, 0.15) is 0 Å². The number of aliphatic hydroxyl groups excluding tert-OH is 2. The summed E-state index contributed by atoms with van der Waals surface area (Å²) in [6.07, 6.45) is 7.66. The summed E-state index contributed by atoms with van der Waals surface area (Å²) >= 11 is 0. The average molecular weight is 224 g/mol. The summed E-state index contributed by atoms with van der Waals surface area (Å²) in [6.45, 7) is 0.755. The van der Waals surface area contributed by atoms with E-state index < -0.39 is 0 Å². The fraction of sp³-hybridized carbons (Fsp3) is 1.00. The Morgan fingerprint density at radius 1 is 0.750 bits per heavy atom. The van der Waals surface area contributed by atoms with Crippen LogP contribution < -0.4 is 0 Å². The van der Waals surface area contributed by atoms with Crippen molar-refractivity contribution in [2.24, 2.45) is 35.5 Å². The van der Waals surface area contributed by atoms with E-state index in [1.165, 1.54) is 25.7 Å². The molecule has 0 saturated heterocycles. The molecule has 0 aromatic rings. The van der Waals surface area contributed by atoms with Gasteiger partial charge in [-0.2, -0.15) is 0 Å². The van der Waals surface area contributed by atoms with E-state index in [4.69, 9.17) is 10.2 Å². The van der Waals surface area contributed by atoms with Crippen molar-refractivity contribution in [3.05, 3.63) is 0 Å². The quantitative estimate of drug-likeness (QED) is 0.767. The summed E-state index contributed by atoms with van der Waals surface area (Å²) in [5, 5.41) is 18.1. The summed E-state index contributed by atoms with van der Waals surface area (Å²) in [7, 11) is 0. The largest absolute Gasteiger partial charge is 0.396 e. The maximum atomic E-state index is 9.10. The van der Waals surface area contributed by atoms with Gasteiger partial charge >= 0.3 is 0 Å². The van der Waals surface area contributed by atoms with E-state index in [0.717, 1.165) is 48.3 Å². The fourth-order valence-electron chi connectivity index (χ4n) is 5.24. The minimum Gasteiger partial charge on any atom is -0.396 e. The van der Waals surface area contributed by atoms with E-state index >= 15 is 0 Å². The second kappa shape index (κ2) is 4.30. The molecule has 2 nitrogen and oxygen atoms in total. The average Bonchev–Trinajstić information content (AvgIpc) is 2.88. The zero-order valence-corrected chi connectivity index (χ0v) is 10.0. The second-order valence-electron chi connectivity index (χ2n) is 6.35. The van der Waals surface area contributed by atoms with Crippen molar-refractivity contribution >= 4 is 0 Å². The summed E-state index contributed by atoms with van der Waals surface area (Å²) in [6, 6.07) is 0. The molecule has 6 atom stereocenters. The molecular weight excluding hydrogens is 200 g/mol. The van der Waals surface area contributed by atoms with Gasteiger partial charge < -0.3 is 10.2 Å². The van der Waals surface area contributed by atoms with Crippen LogP contribution in [-0.2, 0) is 0 Å². The van der Waals surface area contributed by atoms with Crippen molar-refractivity contribution in [2.75, 3.05) is 13.2 Å². The van der Waals surface area contributed by atoms with E-state index in [1.807, 2.05) is 0 Å². The molecule has 0 aliphatic heterocycles. The lowest BCUT2D eigenvalue weighted by Gasteiger charge is -2.31. The third-order valence-corrected chi connectivity index (χ3v) is 5.74. The highest BCUT2D eigenvalue weighted by Crippen LogP contribution is 2.63. The van der Waals surface area contributed by atoms with Gasteiger partial charge in [0.15, 0.2) is 0 Å². The summed E-state index contributed by atoms with van der Waals surface area (Å²) in [5.74, 6) is 5.45. The molecule has 0 spiro atoms. The van der Waals surface area contributed by atoms with Crippen molar-refractivity contribution in [1.29, 1.82) is 0 Å². The van der Waals surface area contributed by atoms with Crippen LogP contribution in [0.2, 0.25) is 0 Å².